The van der Waals surface area contributed by atoms with Crippen LogP contribution in [0.4, 0.5) is 0 Å². The summed E-state index contributed by atoms with van der Waals surface area (Å²) in [5, 5.41) is 11.7. The number of ether oxygens (including phenoxy) is 1. The van der Waals surface area contributed by atoms with E-state index in [4.69, 9.17) is 4.74 Å². The van der Waals surface area contributed by atoms with Crippen molar-refractivity contribution >= 4 is 12.2 Å². The third kappa shape index (κ3) is 11.9. The van der Waals surface area contributed by atoms with Gasteiger partial charge in [0.2, 0.25) is 5.69 Å². The van der Waals surface area contributed by atoms with Crippen LogP contribution in [0.5, 0.6) is 5.75 Å². The number of hydrogen-bond donors (Lipinski definition) is 0. The largest absolute Gasteiger partial charge is 0.618 e. The topological polar surface area (TPSA) is 36.2 Å². The molecule has 2 aromatic rings. The molecule has 0 saturated heterocycles. The van der Waals surface area contributed by atoms with Crippen molar-refractivity contribution in [1.29, 1.82) is 0 Å². The fourth-order valence-electron chi connectivity index (χ4n) is 3.91. The summed E-state index contributed by atoms with van der Waals surface area (Å²) < 4.78 is 6.74. The Balaban J connectivity index is 1.44. The molecule has 3 heteroatoms. The molecule has 0 fully saturated rings. The number of hydrogen-bond acceptors (Lipinski definition) is 2. The van der Waals surface area contributed by atoms with E-state index in [2.05, 4.69) is 6.92 Å². The summed E-state index contributed by atoms with van der Waals surface area (Å²) in [4.78, 5) is 0. The van der Waals surface area contributed by atoms with Crippen LogP contribution >= 0.6 is 0 Å². The highest BCUT2D eigenvalue weighted by Gasteiger charge is 1.99. The minimum absolute atomic E-state index is 0.630. The molecule has 0 N–H and O–H groups in total. The van der Waals surface area contributed by atoms with Crippen molar-refractivity contribution in [3.8, 4) is 5.75 Å². The minimum Gasteiger partial charge on any atom is -0.618 e. The lowest BCUT2D eigenvalue weighted by molar-refractivity contribution is -0.607. The molecule has 1 aromatic heterocycles. The van der Waals surface area contributed by atoms with Crippen molar-refractivity contribution < 1.29 is 9.47 Å². The fraction of sp³-hybridized carbons (Fsp3) is 0.552. The van der Waals surface area contributed by atoms with Crippen molar-refractivity contribution in [2.24, 2.45) is 0 Å². The summed E-state index contributed by atoms with van der Waals surface area (Å²) in [7, 11) is 0. The Bertz CT molecular complexity index is 739. The van der Waals surface area contributed by atoms with Gasteiger partial charge < -0.3 is 9.94 Å². The first-order chi connectivity index (χ1) is 15.8. The van der Waals surface area contributed by atoms with Gasteiger partial charge in [-0.05, 0) is 36.3 Å². The summed E-state index contributed by atoms with van der Waals surface area (Å²) in [6.07, 6.45) is 24.5. The third-order valence-corrected chi connectivity index (χ3v) is 5.95. The second-order valence-electron chi connectivity index (χ2n) is 8.80. The maximum atomic E-state index is 11.7. The third-order valence-electron chi connectivity index (χ3n) is 5.95. The molecule has 0 radical (unpaired) electrons. The number of aromatic nitrogens is 1. The van der Waals surface area contributed by atoms with Gasteiger partial charge in [0.05, 0.1) is 6.61 Å². The molecule has 0 atom stereocenters. The van der Waals surface area contributed by atoms with E-state index in [0.29, 0.717) is 5.69 Å². The van der Waals surface area contributed by atoms with E-state index in [-0.39, 0.29) is 0 Å². The Hall–Kier alpha value is -2.29. The van der Waals surface area contributed by atoms with E-state index in [9.17, 15) is 5.21 Å². The smallest absolute Gasteiger partial charge is 0.216 e. The standard InChI is InChI=1S/C29H43NO2/c1-2-3-4-5-6-7-8-9-10-11-12-13-14-17-26-32-29-23-20-27(21-24-29)19-22-28-18-15-16-25-30(28)31/h15-16,18-25H,2-14,17,26H2,1H3/b22-19+. The Labute approximate surface area is 196 Å². The molecule has 0 unspecified atom stereocenters. The Kier molecular flexibility index (Phi) is 14.0. The minimum atomic E-state index is 0.630. The van der Waals surface area contributed by atoms with Crippen molar-refractivity contribution in [1.82, 2.24) is 0 Å². The monoisotopic (exact) mass is 437 g/mol. The normalized spacial score (nSPS) is 11.3. The van der Waals surface area contributed by atoms with Crippen LogP contribution in [0.2, 0.25) is 0 Å². The van der Waals surface area contributed by atoms with E-state index in [1.54, 1.807) is 12.1 Å². The molecule has 0 aliphatic heterocycles. The molecule has 1 heterocycles. The molecule has 1 aromatic carbocycles. The highest BCUT2D eigenvalue weighted by molar-refractivity contribution is 5.67. The van der Waals surface area contributed by atoms with E-state index in [1.807, 2.05) is 42.5 Å². The lowest BCUT2D eigenvalue weighted by Crippen LogP contribution is -2.28. The van der Waals surface area contributed by atoms with Crippen LogP contribution in [-0.2, 0) is 0 Å². The molecule has 3 nitrogen and oxygen atoms in total. The molecule has 0 aliphatic rings. The van der Waals surface area contributed by atoms with Gasteiger partial charge in [0.25, 0.3) is 0 Å². The zero-order chi connectivity index (χ0) is 22.7. The molecule has 0 aliphatic carbocycles. The van der Waals surface area contributed by atoms with Crippen LogP contribution < -0.4 is 9.47 Å². The molecule has 0 amide bonds. The molecular weight excluding hydrogens is 394 g/mol. The van der Waals surface area contributed by atoms with Crippen molar-refractivity contribution in [2.45, 2.75) is 96.8 Å². The predicted molar refractivity (Wildman–Crippen MR) is 137 cm³/mol. The molecule has 0 saturated carbocycles. The maximum Gasteiger partial charge on any atom is 0.216 e. The summed E-state index contributed by atoms with van der Waals surface area (Å²) in [5.41, 5.74) is 1.68. The molecule has 32 heavy (non-hydrogen) atoms. The van der Waals surface area contributed by atoms with Gasteiger partial charge in [0.1, 0.15) is 5.75 Å². The average Bonchev–Trinajstić information content (AvgIpc) is 2.82. The summed E-state index contributed by atoms with van der Waals surface area (Å²) in [6.45, 7) is 3.07. The lowest BCUT2D eigenvalue weighted by Gasteiger charge is -2.07. The number of nitrogens with zero attached hydrogens (tertiary/aromatic N) is 1. The number of pyridine rings is 1. The van der Waals surface area contributed by atoms with Crippen LogP contribution in [0.1, 0.15) is 108 Å². The molecular formula is C29H43NO2. The highest BCUT2D eigenvalue weighted by atomic mass is 16.5. The Morgan fingerprint density at radius 1 is 0.688 bits per heavy atom. The van der Waals surface area contributed by atoms with Gasteiger partial charge in [0.15, 0.2) is 6.20 Å². The summed E-state index contributed by atoms with van der Waals surface area (Å²) in [5.74, 6) is 0.912. The zero-order valence-electron chi connectivity index (χ0n) is 20.1. The molecule has 2 rings (SSSR count). The van der Waals surface area contributed by atoms with Crippen LogP contribution in [0.25, 0.3) is 12.2 Å². The number of unbranched alkanes of at least 4 members (excludes halogenated alkanes) is 13. The molecule has 176 valence electrons. The summed E-state index contributed by atoms with van der Waals surface area (Å²) in [6, 6.07) is 13.4. The Morgan fingerprint density at radius 3 is 1.81 bits per heavy atom. The van der Waals surface area contributed by atoms with Gasteiger partial charge in [-0.2, -0.15) is 4.73 Å². The predicted octanol–water partition coefficient (Wildman–Crippen LogP) is 8.35. The van der Waals surface area contributed by atoms with E-state index in [0.717, 1.165) is 29.1 Å². The zero-order valence-corrected chi connectivity index (χ0v) is 20.1. The fourth-order valence-corrected chi connectivity index (χ4v) is 3.91. The molecule has 0 spiro atoms. The van der Waals surface area contributed by atoms with Gasteiger partial charge in [-0.1, -0.05) is 103 Å². The van der Waals surface area contributed by atoms with Crippen LogP contribution in [0.3, 0.4) is 0 Å². The van der Waals surface area contributed by atoms with E-state index >= 15 is 0 Å². The number of rotatable bonds is 18. The lowest BCUT2D eigenvalue weighted by atomic mass is 10.0. The van der Waals surface area contributed by atoms with Crippen molar-refractivity contribution in [3.63, 3.8) is 0 Å². The van der Waals surface area contributed by atoms with Gasteiger partial charge in [-0.3, -0.25) is 0 Å². The Morgan fingerprint density at radius 2 is 1.25 bits per heavy atom. The second-order valence-corrected chi connectivity index (χ2v) is 8.80. The first-order valence-electron chi connectivity index (χ1n) is 12.9. The average molecular weight is 438 g/mol. The SMILES string of the molecule is CCCCCCCCCCCCCCCCOc1ccc(/C=C/c2cccc[n+]2[O-])cc1. The van der Waals surface area contributed by atoms with Crippen LogP contribution in [-0.4, -0.2) is 6.61 Å². The van der Waals surface area contributed by atoms with Gasteiger partial charge >= 0.3 is 0 Å². The first kappa shape index (κ1) is 26.0. The van der Waals surface area contributed by atoms with Gasteiger partial charge in [-0.25, -0.2) is 0 Å². The molecule has 0 bridgehead atoms. The summed E-state index contributed by atoms with van der Waals surface area (Å²) >= 11 is 0. The first-order valence-corrected chi connectivity index (χ1v) is 12.9. The van der Waals surface area contributed by atoms with E-state index < -0.39 is 0 Å². The van der Waals surface area contributed by atoms with Gasteiger partial charge in [-0.15, -0.1) is 0 Å². The van der Waals surface area contributed by atoms with Crippen LogP contribution in [0.15, 0.2) is 48.7 Å². The maximum absolute atomic E-state index is 11.7. The second kappa shape index (κ2) is 17.3. The van der Waals surface area contributed by atoms with Crippen molar-refractivity contribution in [3.05, 3.63) is 65.1 Å². The van der Waals surface area contributed by atoms with E-state index in [1.165, 1.54) is 89.7 Å². The quantitative estimate of drug-likeness (QED) is 0.133. The van der Waals surface area contributed by atoms with Crippen LogP contribution in [0, 0.1) is 5.21 Å². The highest BCUT2D eigenvalue weighted by Crippen LogP contribution is 2.16. The van der Waals surface area contributed by atoms with Crippen molar-refractivity contribution in [2.75, 3.05) is 6.61 Å². The number of benzene rings is 1. The van der Waals surface area contributed by atoms with Gasteiger partial charge in [0, 0.05) is 18.2 Å².